The second-order valence-corrected chi connectivity index (χ2v) is 7.68. The summed E-state index contributed by atoms with van der Waals surface area (Å²) in [6, 6.07) is 3.87. The summed E-state index contributed by atoms with van der Waals surface area (Å²) in [6.45, 7) is 7.78. The Morgan fingerprint density at radius 3 is 2.29 bits per heavy atom. The van der Waals surface area contributed by atoms with Crippen LogP contribution in [0.3, 0.4) is 0 Å². The van der Waals surface area contributed by atoms with Crippen LogP contribution in [-0.4, -0.2) is 16.5 Å². The van der Waals surface area contributed by atoms with E-state index in [0.717, 1.165) is 27.7 Å². The second kappa shape index (κ2) is 7.35. The number of hydrogen-bond acceptors (Lipinski definition) is 3. The van der Waals surface area contributed by atoms with E-state index >= 15 is 0 Å². The van der Waals surface area contributed by atoms with Crippen LogP contribution in [0.25, 0.3) is 0 Å². The van der Waals surface area contributed by atoms with E-state index in [1.54, 1.807) is 6.92 Å². The van der Waals surface area contributed by atoms with Crippen LogP contribution in [-0.2, 0) is 0 Å². The van der Waals surface area contributed by atoms with Gasteiger partial charge in [0, 0.05) is 10.8 Å². The normalized spacial score (nSPS) is 17.5. The van der Waals surface area contributed by atoms with Crippen molar-refractivity contribution in [2.45, 2.75) is 70.5 Å². The highest BCUT2D eigenvalue weighted by atomic mass is 32.2. The van der Waals surface area contributed by atoms with Crippen LogP contribution >= 0.6 is 11.8 Å². The predicted octanol–water partition coefficient (Wildman–Crippen LogP) is 5.30. The van der Waals surface area contributed by atoms with Crippen molar-refractivity contribution in [3.05, 3.63) is 28.8 Å². The van der Waals surface area contributed by atoms with Gasteiger partial charge in [-0.3, -0.25) is 4.79 Å². The van der Waals surface area contributed by atoms with Gasteiger partial charge < -0.3 is 4.74 Å². The molecule has 1 fully saturated rings. The van der Waals surface area contributed by atoms with Crippen molar-refractivity contribution in [3.8, 4) is 5.75 Å². The highest BCUT2D eigenvalue weighted by molar-refractivity contribution is 8.00. The minimum Gasteiger partial charge on any atom is -0.480 e. The van der Waals surface area contributed by atoms with Crippen molar-refractivity contribution in [2.75, 3.05) is 0 Å². The number of ketones is 1. The number of carbonyl (C=O) groups excluding carboxylic acids is 1. The van der Waals surface area contributed by atoms with Crippen LogP contribution in [0.1, 0.15) is 67.4 Å². The molecule has 1 aliphatic carbocycles. The van der Waals surface area contributed by atoms with Crippen LogP contribution in [0.5, 0.6) is 5.75 Å². The third kappa shape index (κ3) is 4.50. The summed E-state index contributed by atoms with van der Waals surface area (Å²) < 4.78 is 6.17. The molecule has 2 rings (SSSR count). The van der Waals surface area contributed by atoms with E-state index in [2.05, 4.69) is 6.92 Å². The lowest BCUT2D eigenvalue weighted by atomic mass is 10.0. The molecular weight excluding hydrogens is 280 g/mol. The molecule has 1 saturated carbocycles. The Hall–Kier alpha value is -0.960. The molecule has 1 aromatic carbocycles. The van der Waals surface area contributed by atoms with Gasteiger partial charge in [0.05, 0.1) is 0 Å². The topological polar surface area (TPSA) is 26.3 Å². The summed E-state index contributed by atoms with van der Waals surface area (Å²) >= 11 is 1.95. The molecule has 0 aliphatic heterocycles. The molecule has 0 radical (unpaired) electrons. The van der Waals surface area contributed by atoms with Gasteiger partial charge in [-0.25, -0.2) is 0 Å². The standard InChI is InChI=1S/C18H26O2S/c1-12-10-16(14(3)19)11-13(2)18(12)20-15(4)21-17-8-6-5-7-9-17/h10-11,15,17H,5-9H2,1-4H3. The van der Waals surface area contributed by atoms with Gasteiger partial charge >= 0.3 is 0 Å². The quantitative estimate of drug-likeness (QED) is 0.545. The molecular formula is C18H26O2S. The molecule has 116 valence electrons. The Morgan fingerprint density at radius 2 is 1.76 bits per heavy atom. The van der Waals surface area contributed by atoms with Crippen molar-refractivity contribution in [1.29, 1.82) is 0 Å². The summed E-state index contributed by atoms with van der Waals surface area (Å²) in [7, 11) is 0. The molecule has 21 heavy (non-hydrogen) atoms. The first kappa shape index (κ1) is 16.4. The monoisotopic (exact) mass is 306 g/mol. The lowest BCUT2D eigenvalue weighted by Crippen LogP contribution is -2.17. The largest absolute Gasteiger partial charge is 0.480 e. The fourth-order valence-corrected chi connectivity index (χ4v) is 4.30. The number of hydrogen-bond donors (Lipinski definition) is 0. The summed E-state index contributed by atoms with van der Waals surface area (Å²) in [5.41, 5.74) is 3.03. The lowest BCUT2D eigenvalue weighted by Gasteiger charge is -2.25. The van der Waals surface area contributed by atoms with Crippen LogP contribution in [0.15, 0.2) is 12.1 Å². The highest BCUT2D eigenvalue weighted by Crippen LogP contribution is 2.34. The number of rotatable bonds is 5. The van der Waals surface area contributed by atoms with Gasteiger partial charge in [-0.1, -0.05) is 19.3 Å². The summed E-state index contributed by atoms with van der Waals surface area (Å²) in [5.74, 6) is 1.05. The molecule has 0 spiro atoms. The maximum Gasteiger partial charge on any atom is 0.159 e. The molecule has 1 atom stereocenters. The van der Waals surface area contributed by atoms with E-state index < -0.39 is 0 Å². The van der Waals surface area contributed by atoms with E-state index in [9.17, 15) is 4.79 Å². The first-order chi connectivity index (χ1) is 9.97. The van der Waals surface area contributed by atoms with Gasteiger partial charge in [-0.2, -0.15) is 0 Å². The molecule has 1 unspecified atom stereocenters. The highest BCUT2D eigenvalue weighted by Gasteiger charge is 2.19. The van der Waals surface area contributed by atoms with Gasteiger partial charge in [0.25, 0.3) is 0 Å². The van der Waals surface area contributed by atoms with Gasteiger partial charge in [0.2, 0.25) is 0 Å². The van der Waals surface area contributed by atoms with Crippen LogP contribution in [0.2, 0.25) is 0 Å². The van der Waals surface area contributed by atoms with Crippen LogP contribution in [0, 0.1) is 13.8 Å². The van der Waals surface area contributed by atoms with Crippen LogP contribution < -0.4 is 4.74 Å². The van der Waals surface area contributed by atoms with Gasteiger partial charge in [0.1, 0.15) is 11.2 Å². The Morgan fingerprint density at radius 1 is 1.19 bits per heavy atom. The Kier molecular flexibility index (Phi) is 5.74. The van der Waals surface area contributed by atoms with E-state index in [1.807, 2.05) is 37.7 Å². The summed E-state index contributed by atoms with van der Waals surface area (Å²) in [5, 5.41) is 0.742. The third-order valence-corrected chi connectivity index (χ3v) is 5.42. The second-order valence-electron chi connectivity index (χ2n) is 6.08. The molecule has 1 aliphatic rings. The lowest BCUT2D eigenvalue weighted by molar-refractivity contribution is 0.101. The van der Waals surface area contributed by atoms with E-state index in [0.29, 0.717) is 0 Å². The van der Waals surface area contributed by atoms with E-state index in [-0.39, 0.29) is 11.2 Å². The van der Waals surface area contributed by atoms with Crippen molar-refractivity contribution >= 4 is 17.5 Å². The van der Waals surface area contributed by atoms with Gasteiger partial charge in [-0.15, -0.1) is 11.8 Å². The van der Waals surface area contributed by atoms with Crippen molar-refractivity contribution in [1.82, 2.24) is 0 Å². The average Bonchev–Trinajstić information content (AvgIpc) is 2.43. The fourth-order valence-electron chi connectivity index (χ4n) is 3.01. The first-order valence-electron chi connectivity index (χ1n) is 7.91. The molecule has 0 N–H and O–H groups in total. The molecule has 0 amide bonds. The molecule has 2 nitrogen and oxygen atoms in total. The predicted molar refractivity (Wildman–Crippen MR) is 90.5 cm³/mol. The average molecular weight is 306 g/mol. The minimum atomic E-state index is 0.109. The number of carbonyl (C=O) groups is 1. The van der Waals surface area contributed by atoms with Crippen molar-refractivity contribution in [3.63, 3.8) is 0 Å². The summed E-state index contributed by atoms with van der Waals surface area (Å²) in [4.78, 5) is 11.5. The van der Waals surface area contributed by atoms with Gasteiger partial charge in [0.15, 0.2) is 5.78 Å². The maximum absolute atomic E-state index is 11.5. The Balaban J connectivity index is 2.03. The van der Waals surface area contributed by atoms with Crippen LogP contribution in [0.4, 0.5) is 0 Å². The summed E-state index contributed by atoms with van der Waals surface area (Å²) in [6.07, 6.45) is 6.74. The SMILES string of the molecule is CC(=O)c1cc(C)c(OC(C)SC2CCCCC2)c(C)c1. The zero-order chi connectivity index (χ0) is 15.4. The Bertz CT molecular complexity index is 481. The molecule has 3 heteroatoms. The van der Waals surface area contributed by atoms with Crippen molar-refractivity contribution in [2.24, 2.45) is 0 Å². The first-order valence-corrected chi connectivity index (χ1v) is 8.86. The number of ether oxygens (including phenoxy) is 1. The van der Waals surface area contributed by atoms with Crippen molar-refractivity contribution < 1.29 is 9.53 Å². The number of Topliss-reactive ketones (excluding diaryl/α,β-unsaturated/α-hetero) is 1. The molecule has 0 saturated heterocycles. The molecule has 0 bridgehead atoms. The zero-order valence-corrected chi connectivity index (χ0v) is 14.4. The molecule has 1 aromatic rings. The molecule has 0 heterocycles. The van der Waals surface area contributed by atoms with Gasteiger partial charge in [-0.05, 0) is 63.8 Å². The fraction of sp³-hybridized carbons (Fsp3) is 0.611. The number of aryl methyl sites for hydroxylation is 2. The van der Waals surface area contributed by atoms with E-state index in [1.165, 1.54) is 32.1 Å². The Labute approximate surface area is 132 Å². The maximum atomic E-state index is 11.5. The minimum absolute atomic E-state index is 0.109. The number of benzene rings is 1. The molecule has 0 aromatic heterocycles. The zero-order valence-electron chi connectivity index (χ0n) is 13.6. The smallest absolute Gasteiger partial charge is 0.159 e. The number of thioether (sulfide) groups is 1. The van der Waals surface area contributed by atoms with E-state index in [4.69, 9.17) is 4.74 Å². The third-order valence-electron chi connectivity index (χ3n) is 4.09.